The zero-order valence-electron chi connectivity index (χ0n) is 26.2. The number of hydrogen-bond acceptors (Lipinski definition) is 4. The van der Waals surface area contributed by atoms with Gasteiger partial charge in [0.15, 0.2) is 0 Å². The smallest absolute Gasteiger partial charge is 0.0681 e. The molecule has 0 fully saturated rings. The molecule has 226 valence electrons. The zero-order chi connectivity index (χ0) is 30.8. The molecule has 42 heavy (non-hydrogen) atoms. The van der Waals surface area contributed by atoms with Crippen molar-refractivity contribution in [1.82, 2.24) is 0 Å². The maximum atomic E-state index is 9.05. The number of rotatable bonds is 7. The van der Waals surface area contributed by atoms with Gasteiger partial charge in [-0.2, -0.15) is 0 Å². The van der Waals surface area contributed by atoms with E-state index in [1.807, 2.05) is 163 Å². The van der Waals surface area contributed by atoms with Crippen molar-refractivity contribution in [2.75, 3.05) is 19.8 Å². The first-order valence-corrected chi connectivity index (χ1v) is 14.1. The van der Waals surface area contributed by atoms with Gasteiger partial charge in [-0.15, -0.1) is 0 Å². The van der Waals surface area contributed by atoms with Crippen LogP contribution in [-0.2, 0) is 44.6 Å². The summed E-state index contributed by atoms with van der Waals surface area (Å²) < 4.78 is 0. The predicted molar refractivity (Wildman–Crippen MR) is 172 cm³/mol. The molecule has 4 aromatic rings. The zero-order valence-corrected chi connectivity index (χ0v) is 27.7. The molecule has 0 atom stereocenters. The van der Waals surface area contributed by atoms with Crippen LogP contribution in [0.3, 0.4) is 0 Å². The van der Waals surface area contributed by atoms with Crippen LogP contribution >= 0.6 is 0 Å². The largest absolute Gasteiger partial charge is 0.395 e. The summed E-state index contributed by atoms with van der Waals surface area (Å²) in [4.78, 5) is 0. The molecular formula is C37H50O4Ti. The van der Waals surface area contributed by atoms with E-state index in [2.05, 4.69) is 0 Å². The van der Waals surface area contributed by atoms with E-state index >= 15 is 0 Å². The van der Waals surface area contributed by atoms with Gasteiger partial charge >= 0.3 is 0 Å². The summed E-state index contributed by atoms with van der Waals surface area (Å²) in [5.74, 6) is 0. The van der Waals surface area contributed by atoms with Crippen LogP contribution in [0.2, 0.25) is 0 Å². The maximum Gasteiger partial charge on any atom is 0.0681 e. The number of hydrogen-bond donors (Lipinski definition) is 4. The monoisotopic (exact) mass is 606 g/mol. The minimum Gasteiger partial charge on any atom is -0.395 e. The van der Waals surface area contributed by atoms with Crippen molar-refractivity contribution in [1.29, 1.82) is 0 Å². The summed E-state index contributed by atoms with van der Waals surface area (Å²) in [7, 11) is 0. The third-order valence-corrected chi connectivity index (χ3v) is 6.88. The fraction of sp³-hybridized carbons (Fsp3) is 0.351. The Labute approximate surface area is 269 Å². The van der Waals surface area contributed by atoms with Crippen molar-refractivity contribution < 1.29 is 42.1 Å². The van der Waals surface area contributed by atoms with E-state index in [0.717, 1.165) is 5.56 Å². The first-order valence-electron chi connectivity index (χ1n) is 14.1. The number of aliphatic hydroxyl groups is 4. The standard InChI is InChI=1S/3C10H14O.C7H8O.Ti/c3*1-10(2,8-11)9-6-4-3-5-7-9;8-6-7-4-2-1-3-5-7;/h3*3-7,11H,8H2,1-2H3;1-5,8H,6H2;. The molecule has 5 heteroatoms. The molecule has 0 unspecified atom stereocenters. The van der Waals surface area contributed by atoms with Gasteiger partial charge in [-0.05, 0) is 22.3 Å². The van der Waals surface area contributed by atoms with Crippen molar-refractivity contribution in [2.45, 2.75) is 64.4 Å². The van der Waals surface area contributed by atoms with Gasteiger partial charge in [0.1, 0.15) is 0 Å². The minimum atomic E-state index is -0.110. The molecule has 0 saturated carbocycles. The maximum absolute atomic E-state index is 9.05. The normalized spacial score (nSPS) is 10.8. The summed E-state index contributed by atoms with van der Waals surface area (Å²) in [6.45, 7) is 12.9. The third-order valence-electron chi connectivity index (χ3n) is 6.88. The predicted octanol–water partition coefficient (Wildman–Crippen LogP) is 7.05. The van der Waals surface area contributed by atoms with E-state index in [9.17, 15) is 0 Å². The van der Waals surface area contributed by atoms with Gasteiger partial charge < -0.3 is 20.4 Å². The molecule has 0 bridgehead atoms. The molecule has 4 rings (SSSR count). The van der Waals surface area contributed by atoms with Gasteiger partial charge in [0, 0.05) is 38.0 Å². The van der Waals surface area contributed by atoms with Crippen LogP contribution in [-0.4, -0.2) is 40.2 Å². The summed E-state index contributed by atoms with van der Waals surface area (Å²) in [6, 6.07) is 39.7. The van der Waals surface area contributed by atoms with E-state index < -0.39 is 0 Å². The second-order valence-corrected chi connectivity index (χ2v) is 11.9. The Morgan fingerprint density at radius 3 is 0.762 bits per heavy atom. The van der Waals surface area contributed by atoms with Gasteiger partial charge in [0.05, 0.1) is 26.4 Å². The minimum absolute atomic E-state index is 0. The van der Waals surface area contributed by atoms with E-state index in [4.69, 9.17) is 20.4 Å². The molecule has 0 aromatic heterocycles. The summed E-state index contributed by atoms with van der Waals surface area (Å²) >= 11 is 0. The second kappa shape index (κ2) is 20.4. The quantitative estimate of drug-likeness (QED) is 0.170. The third kappa shape index (κ3) is 14.6. The van der Waals surface area contributed by atoms with Crippen LogP contribution in [0.4, 0.5) is 0 Å². The van der Waals surface area contributed by atoms with Crippen molar-refractivity contribution in [3.63, 3.8) is 0 Å². The molecule has 4 nitrogen and oxygen atoms in total. The Morgan fingerprint density at radius 1 is 0.381 bits per heavy atom. The van der Waals surface area contributed by atoms with Crippen molar-refractivity contribution in [2.24, 2.45) is 0 Å². The van der Waals surface area contributed by atoms with Gasteiger partial charge in [-0.1, -0.05) is 163 Å². The Bertz CT molecular complexity index is 1060. The molecular weight excluding hydrogens is 556 g/mol. The Morgan fingerprint density at radius 2 is 0.595 bits per heavy atom. The number of benzene rings is 4. The van der Waals surface area contributed by atoms with Crippen molar-refractivity contribution in [3.05, 3.63) is 144 Å². The van der Waals surface area contributed by atoms with Crippen LogP contribution in [0.5, 0.6) is 0 Å². The molecule has 0 spiro atoms. The van der Waals surface area contributed by atoms with Crippen LogP contribution < -0.4 is 0 Å². The summed E-state index contributed by atoms with van der Waals surface area (Å²) in [5, 5.41) is 35.7. The first kappa shape index (κ1) is 39.4. The Balaban J connectivity index is 0.000000533. The molecule has 0 radical (unpaired) electrons. The average Bonchev–Trinajstić information content (AvgIpc) is 3.03. The molecule has 0 aliphatic rings. The van der Waals surface area contributed by atoms with Crippen LogP contribution in [0.15, 0.2) is 121 Å². The van der Waals surface area contributed by atoms with E-state index in [-0.39, 0.29) is 64.4 Å². The fourth-order valence-corrected chi connectivity index (χ4v) is 3.53. The number of aliphatic hydroxyl groups excluding tert-OH is 4. The van der Waals surface area contributed by atoms with Crippen LogP contribution in [0, 0.1) is 0 Å². The topological polar surface area (TPSA) is 80.9 Å². The molecule has 0 saturated heterocycles. The summed E-state index contributed by atoms with van der Waals surface area (Å²) in [6.07, 6.45) is 0. The van der Waals surface area contributed by atoms with Crippen LogP contribution in [0.1, 0.15) is 63.8 Å². The Hall–Kier alpha value is -2.57. The van der Waals surface area contributed by atoms with Gasteiger partial charge in [0.25, 0.3) is 0 Å². The van der Waals surface area contributed by atoms with Crippen LogP contribution in [0.25, 0.3) is 0 Å². The van der Waals surface area contributed by atoms with E-state index in [1.54, 1.807) is 0 Å². The molecule has 0 aliphatic carbocycles. The van der Waals surface area contributed by atoms with E-state index in [0.29, 0.717) is 0 Å². The molecule has 0 amide bonds. The molecule has 0 aliphatic heterocycles. The van der Waals surface area contributed by atoms with Gasteiger partial charge in [-0.3, -0.25) is 0 Å². The average molecular weight is 607 g/mol. The Kier molecular flexibility index (Phi) is 19.1. The molecule has 4 N–H and O–H groups in total. The van der Waals surface area contributed by atoms with Crippen molar-refractivity contribution >= 4 is 0 Å². The molecule has 0 heterocycles. The fourth-order valence-electron chi connectivity index (χ4n) is 3.53. The van der Waals surface area contributed by atoms with E-state index in [1.165, 1.54) is 16.7 Å². The SMILES string of the molecule is CC(C)(CO)c1ccccc1.CC(C)(CO)c1ccccc1.CC(C)(CO)c1ccccc1.OCc1ccccc1.[Ti]. The molecule has 4 aromatic carbocycles. The second-order valence-electron chi connectivity index (χ2n) is 11.9. The summed E-state index contributed by atoms with van der Waals surface area (Å²) in [5.41, 5.74) is 4.18. The first-order chi connectivity index (χ1) is 19.4. The van der Waals surface area contributed by atoms with Crippen molar-refractivity contribution in [3.8, 4) is 0 Å². The van der Waals surface area contributed by atoms with Gasteiger partial charge in [-0.25, -0.2) is 0 Å². The van der Waals surface area contributed by atoms with Gasteiger partial charge in [0.2, 0.25) is 0 Å².